The van der Waals surface area contributed by atoms with Crippen LogP contribution in [0.2, 0.25) is 0 Å². The first-order valence-corrected chi connectivity index (χ1v) is 17.0. The van der Waals surface area contributed by atoms with E-state index in [1.54, 1.807) is 0 Å². The highest BCUT2D eigenvalue weighted by molar-refractivity contribution is 5.74. The first kappa shape index (κ1) is 41.5. The van der Waals surface area contributed by atoms with E-state index in [1.807, 2.05) is 34.6 Å². The Bertz CT molecular complexity index is 808. The van der Waals surface area contributed by atoms with E-state index in [0.29, 0.717) is 38.9 Å². The number of nitrogens with zero attached hydrogens (tertiary/aromatic N) is 1. The van der Waals surface area contributed by atoms with Gasteiger partial charge in [0.25, 0.3) is 5.79 Å². The summed E-state index contributed by atoms with van der Waals surface area (Å²) in [5.41, 5.74) is 0. The molecule has 0 N–H and O–H groups in total. The van der Waals surface area contributed by atoms with Crippen LogP contribution in [0.15, 0.2) is 0 Å². The van der Waals surface area contributed by atoms with E-state index >= 15 is 8.78 Å². The second-order valence-electron chi connectivity index (χ2n) is 11.4. The Hall–Kier alpha value is -1.51. The normalized spacial score (nSPS) is 24.4. The predicted molar refractivity (Wildman–Crippen MR) is 165 cm³/mol. The first-order valence-electron chi connectivity index (χ1n) is 17.0. The average molecular weight is 656 g/mol. The molecular formula is C32H59F2NO10. The van der Waals surface area contributed by atoms with Gasteiger partial charge in [0.1, 0.15) is 24.4 Å². The highest BCUT2D eigenvalue weighted by atomic mass is 19.3. The molecule has 1 aliphatic heterocycles. The molecule has 0 saturated carbocycles. The molecule has 266 valence electrons. The van der Waals surface area contributed by atoms with Gasteiger partial charge in [-0.15, -0.1) is 0 Å². The largest absolute Gasteiger partial charge is 0.461 e. The predicted octanol–water partition coefficient (Wildman–Crippen LogP) is 6.50. The number of unbranched alkanes of at least 4 members (excludes halogenated alkanes) is 5. The van der Waals surface area contributed by atoms with Gasteiger partial charge >= 0.3 is 17.9 Å². The van der Waals surface area contributed by atoms with Crippen LogP contribution in [-0.2, 0) is 38.0 Å². The van der Waals surface area contributed by atoms with E-state index in [4.69, 9.17) is 33.2 Å². The van der Waals surface area contributed by atoms with Gasteiger partial charge in [-0.25, -0.2) is 13.6 Å². The van der Waals surface area contributed by atoms with Crippen molar-refractivity contribution in [1.82, 2.24) is 0 Å². The smallest absolute Gasteiger partial charge is 0.381 e. The number of carbonyl (C=O) groups is 1. The number of alkyl halides is 2. The van der Waals surface area contributed by atoms with Gasteiger partial charge in [0.05, 0.1) is 26.2 Å². The number of nitro groups is 1. The summed E-state index contributed by atoms with van der Waals surface area (Å²) in [6.07, 6.45) is 0.905. The van der Waals surface area contributed by atoms with Gasteiger partial charge < -0.3 is 33.2 Å². The number of carbonyl (C=O) groups excluding carboxylic acids is 1. The van der Waals surface area contributed by atoms with Crippen LogP contribution >= 0.6 is 0 Å². The highest BCUT2D eigenvalue weighted by Crippen LogP contribution is 2.48. The minimum atomic E-state index is -4.11. The van der Waals surface area contributed by atoms with Crippen LogP contribution in [-0.4, -0.2) is 99.3 Å². The van der Waals surface area contributed by atoms with Crippen molar-refractivity contribution >= 4 is 5.97 Å². The lowest BCUT2D eigenvalue weighted by Gasteiger charge is -2.54. The first-order chi connectivity index (χ1) is 21.6. The molecule has 0 spiro atoms. The summed E-state index contributed by atoms with van der Waals surface area (Å²) in [6.45, 7) is 11.9. The number of ether oxygens (including phenoxy) is 7. The van der Waals surface area contributed by atoms with Gasteiger partial charge in [-0.05, 0) is 39.0 Å². The summed E-state index contributed by atoms with van der Waals surface area (Å²) < 4.78 is 75.9. The number of esters is 1. The zero-order chi connectivity index (χ0) is 33.7. The molecule has 1 heterocycles. The molecule has 6 atom stereocenters. The third-order valence-electron chi connectivity index (χ3n) is 7.61. The lowest BCUT2D eigenvalue weighted by Crippen LogP contribution is -2.74. The molecule has 1 rings (SSSR count). The van der Waals surface area contributed by atoms with Gasteiger partial charge in [0.15, 0.2) is 0 Å². The quantitative estimate of drug-likeness (QED) is 0.0419. The number of hydrogen-bond donors (Lipinski definition) is 0. The van der Waals surface area contributed by atoms with Crippen LogP contribution in [0, 0.1) is 10.1 Å². The van der Waals surface area contributed by atoms with Crippen molar-refractivity contribution in [1.29, 1.82) is 0 Å². The van der Waals surface area contributed by atoms with E-state index in [1.165, 1.54) is 6.92 Å². The summed E-state index contributed by atoms with van der Waals surface area (Å²) in [5.74, 6) is -8.32. The molecule has 0 amide bonds. The molecule has 1 saturated heterocycles. The average Bonchev–Trinajstić information content (AvgIpc) is 3.00. The molecule has 1 fully saturated rings. The van der Waals surface area contributed by atoms with E-state index in [0.717, 1.165) is 38.5 Å². The second kappa shape index (κ2) is 22.9. The minimum absolute atomic E-state index is 0.0863. The number of rotatable bonds is 27. The summed E-state index contributed by atoms with van der Waals surface area (Å²) in [6, 6.07) is -2.36. The summed E-state index contributed by atoms with van der Waals surface area (Å²) in [7, 11) is 0. The van der Waals surface area contributed by atoms with E-state index in [9.17, 15) is 14.9 Å². The van der Waals surface area contributed by atoms with Crippen LogP contribution < -0.4 is 0 Å². The molecule has 0 radical (unpaired) electrons. The SMILES string of the molecule is CCCCOC[C@H]1O[C@@](OCCCC)(C(F)(F)CC(C(=O)OCC)[N+](=O)[O-])[C@H](OCCCC)[C@@H](OCCCC)[C@H]1OCCCC. The molecule has 1 unspecified atom stereocenters. The zero-order valence-corrected chi connectivity index (χ0v) is 28.4. The van der Waals surface area contributed by atoms with E-state index in [2.05, 4.69) is 0 Å². The Morgan fingerprint density at radius 3 is 1.87 bits per heavy atom. The monoisotopic (exact) mass is 655 g/mol. The summed E-state index contributed by atoms with van der Waals surface area (Å²) in [4.78, 5) is 23.4. The summed E-state index contributed by atoms with van der Waals surface area (Å²) in [5, 5.41) is 11.9. The lowest BCUT2D eigenvalue weighted by molar-refractivity contribution is -0.523. The Morgan fingerprint density at radius 2 is 1.33 bits per heavy atom. The second-order valence-corrected chi connectivity index (χ2v) is 11.4. The van der Waals surface area contributed by atoms with Gasteiger partial charge in [-0.2, -0.15) is 0 Å². The topological polar surface area (TPSA) is 125 Å². The maximum absolute atomic E-state index is 17.0. The van der Waals surface area contributed by atoms with Crippen LogP contribution in [0.3, 0.4) is 0 Å². The standard InChI is InChI=1S/C32H59F2NO10/c1-7-13-18-39-24-26-27(41-19-14-8-2)28(42-20-15-9-3)29(43-21-16-10-4)32(45-26,44-22-17-11-5)31(33,34)23-25(35(37)38)30(36)40-12-6/h25-29H,7-24H2,1-6H3/t25?,26-,27+,28+,29-,32-/m1/s1. The third kappa shape index (κ3) is 12.9. The van der Waals surface area contributed by atoms with E-state index < -0.39 is 59.5 Å². The van der Waals surface area contributed by atoms with Crippen LogP contribution in [0.4, 0.5) is 8.78 Å². The van der Waals surface area contributed by atoms with Gasteiger partial charge in [0, 0.05) is 31.4 Å². The highest BCUT2D eigenvalue weighted by Gasteiger charge is 2.71. The van der Waals surface area contributed by atoms with Crippen molar-refractivity contribution in [3.63, 3.8) is 0 Å². The third-order valence-corrected chi connectivity index (χ3v) is 7.61. The molecule has 0 bridgehead atoms. The Kier molecular flexibility index (Phi) is 21.1. The zero-order valence-electron chi connectivity index (χ0n) is 28.4. The van der Waals surface area contributed by atoms with Crippen molar-refractivity contribution in [2.45, 2.75) is 154 Å². The summed E-state index contributed by atoms with van der Waals surface area (Å²) >= 11 is 0. The Labute approximate surface area is 268 Å². The molecule has 13 heteroatoms. The molecule has 0 aromatic rings. The Morgan fingerprint density at radius 1 is 0.822 bits per heavy atom. The van der Waals surface area contributed by atoms with Crippen molar-refractivity contribution in [2.24, 2.45) is 0 Å². The molecule has 1 aliphatic rings. The van der Waals surface area contributed by atoms with Gasteiger partial charge in [0.2, 0.25) is 0 Å². The van der Waals surface area contributed by atoms with E-state index in [-0.39, 0.29) is 33.0 Å². The van der Waals surface area contributed by atoms with Gasteiger partial charge in [-0.1, -0.05) is 66.7 Å². The molecule has 11 nitrogen and oxygen atoms in total. The maximum atomic E-state index is 17.0. The fourth-order valence-electron chi connectivity index (χ4n) is 4.96. The van der Waals surface area contributed by atoms with Crippen molar-refractivity contribution in [3.05, 3.63) is 10.1 Å². The molecule has 45 heavy (non-hydrogen) atoms. The fourth-order valence-corrected chi connectivity index (χ4v) is 4.96. The van der Waals surface area contributed by atoms with Crippen molar-refractivity contribution < 1.29 is 51.7 Å². The maximum Gasteiger partial charge on any atom is 0.381 e. The minimum Gasteiger partial charge on any atom is -0.461 e. The van der Waals surface area contributed by atoms with Gasteiger partial charge in [-0.3, -0.25) is 10.1 Å². The molecule has 0 aromatic heterocycles. The van der Waals surface area contributed by atoms with Crippen LogP contribution in [0.1, 0.15) is 112 Å². The van der Waals surface area contributed by atoms with Crippen LogP contribution in [0.25, 0.3) is 0 Å². The molecule has 0 aliphatic carbocycles. The number of hydrogen-bond acceptors (Lipinski definition) is 10. The molecule has 0 aromatic carbocycles. The number of halogens is 2. The lowest BCUT2D eigenvalue weighted by atomic mass is 9.85. The molecular weight excluding hydrogens is 596 g/mol. The van der Waals surface area contributed by atoms with Crippen LogP contribution in [0.5, 0.6) is 0 Å². The fraction of sp³-hybridized carbons (Fsp3) is 0.969. The van der Waals surface area contributed by atoms with Crippen molar-refractivity contribution in [2.75, 3.05) is 46.2 Å². The Balaban J connectivity index is 3.85. The van der Waals surface area contributed by atoms with Crippen molar-refractivity contribution in [3.8, 4) is 0 Å².